The third-order valence-electron chi connectivity index (χ3n) is 6.10. The SMILES string of the molecule is COc1cccc(C(=O)N2CC[C@@H]3[C@H](CCCN3C(=O)CSc3ccccc3)C2)c1. The fourth-order valence-electron chi connectivity index (χ4n) is 4.58. The first kappa shape index (κ1) is 20.8. The summed E-state index contributed by atoms with van der Waals surface area (Å²) in [5.74, 6) is 1.79. The number of benzene rings is 2. The zero-order chi connectivity index (χ0) is 20.9. The van der Waals surface area contributed by atoms with Crippen LogP contribution in [0.2, 0.25) is 0 Å². The molecule has 0 saturated carbocycles. The van der Waals surface area contributed by atoms with E-state index in [1.807, 2.05) is 53.4 Å². The minimum Gasteiger partial charge on any atom is -0.497 e. The third-order valence-corrected chi connectivity index (χ3v) is 7.09. The van der Waals surface area contributed by atoms with Crippen molar-refractivity contribution >= 4 is 23.6 Å². The number of hydrogen-bond donors (Lipinski definition) is 0. The number of hydrogen-bond acceptors (Lipinski definition) is 4. The highest BCUT2D eigenvalue weighted by Gasteiger charge is 2.39. The molecule has 2 atom stereocenters. The van der Waals surface area contributed by atoms with Crippen LogP contribution >= 0.6 is 11.8 Å². The predicted octanol–water partition coefficient (Wildman–Crippen LogP) is 3.94. The molecule has 0 aliphatic carbocycles. The summed E-state index contributed by atoms with van der Waals surface area (Å²) >= 11 is 1.60. The number of likely N-dealkylation sites (tertiary alicyclic amines) is 2. The molecule has 5 nitrogen and oxygen atoms in total. The van der Waals surface area contributed by atoms with Gasteiger partial charge in [-0.2, -0.15) is 0 Å². The Morgan fingerprint density at radius 1 is 1.07 bits per heavy atom. The van der Waals surface area contributed by atoms with E-state index in [4.69, 9.17) is 4.74 Å². The van der Waals surface area contributed by atoms with Gasteiger partial charge >= 0.3 is 0 Å². The molecule has 30 heavy (non-hydrogen) atoms. The summed E-state index contributed by atoms with van der Waals surface area (Å²) < 4.78 is 5.26. The maximum Gasteiger partial charge on any atom is 0.253 e. The van der Waals surface area contributed by atoms with Gasteiger partial charge in [-0.25, -0.2) is 0 Å². The average Bonchev–Trinajstić information content (AvgIpc) is 2.82. The zero-order valence-corrected chi connectivity index (χ0v) is 18.1. The molecule has 2 aliphatic heterocycles. The molecule has 0 N–H and O–H groups in total. The fourth-order valence-corrected chi connectivity index (χ4v) is 5.39. The highest BCUT2D eigenvalue weighted by molar-refractivity contribution is 8.00. The molecule has 2 aromatic rings. The van der Waals surface area contributed by atoms with Crippen LogP contribution in [0.1, 0.15) is 29.6 Å². The maximum absolute atomic E-state index is 13.0. The predicted molar refractivity (Wildman–Crippen MR) is 119 cm³/mol. The minimum atomic E-state index is 0.0513. The van der Waals surface area contributed by atoms with Gasteiger partial charge in [0.2, 0.25) is 5.91 Å². The monoisotopic (exact) mass is 424 g/mol. The van der Waals surface area contributed by atoms with Crippen molar-refractivity contribution in [2.24, 2.45) is 5.92 Å². The number of methoxy groups -OCH3 is 1. The summed E-state index contributed by atoms with van der Waals surface area (Å²) in [7, 11) is 1.61. The number of ether oxygens (including phenoxy) is 1. The van der Waals surface area contributed by atoms with Crippen molar-refractivity contribution in [3.8, 4) is 5.75 Å². The van der Waals surface area contributed by atoms with Gasteiger partial charge in [0.05, 0.1) is 12.9 Å². The smallest absolute Gasteiger partial charge is 0.253 e. The topological polar surface area (TPSA) is 49.9 Å². The Balaban J connectivity index is 1.37. The fraction of sp³-hybridized carbons (Fsp3) is 0.417. The van der Waals surface area contributed by atoms with Crippen molar-refractivity contribution in [2.45, 2.75) is 30.2 Å². The molecule has 2 heterocycles. The van der Waals surface area contributed by atoms with Gasteiger partial charge in [-0.3, -0.25) is 9.59 Å². The van der Waals surface area contributed by atoms with Gasteiger partial charge in [0, 0.05) is 36.1 Å². The molecule has 0 radical (unpaired) electrons. The van der Waals surface area contributed by atoms with Crippen LogP contribution in [0.5, 0.6) is 5.75 Å². The van der Waals surface area contributed by atoms with Gasteiger partial charge in [0.25, 0.3) is 5.91 Å². The average molecular weight is 425 g/mol. The van der Waals surface area contributed by atoms with Crippen molar-refractivity contribution in [3.05, 3.63) is 60.2 Å². The van der Waals surface area contributed by atoms with Crippen molar-refractivity contribution in [2.75, 3.05) is 32.5 Å². The first-order chi connectivity index (χ1) is 14.7. The first-order valence-electron chi connectivity index (χ1n) is 10.6. The Hall–Kier alpha value is -2.47. The molecule has 0 aromatic heterocycles. The largest absolute Gasteiger partial charge is 0.497 e. The van der Waals surface area contributed by atoms with Crippen LogP contribution in [-0.2, 0) is 4.79 Å². The van der Waals surface area contributed by atoms with Crippen LogP contribution in [-0.4, -0.2) is 60.2 Å². The van der Waals surface area contributed by atoms with Gasteiger partial charge < -0.3 is 14.5 Å². The number of thioether (sulfide) groups is 1. The second kappa shape index (κ2) is 9.56. The molecular formula is C24H28N2O3S. The number of amides is 2. The summed E-state index contributed by atoms with van der Waals surface area (Å²) in [6.45, 7) is 2.24. The highest BCUT2D eigenvalue weighted by Crippen LogP contribution is 2.32. The lowest BCUT2D eigenvalue weighted by atomic mass is 9.83. The molecule has 0 unspecified atom stereocenters. The molecule has 4 rings (SSSR count). The van der Waals surface area contributed by atoms with Crippen LogP contribution in [0.15, 0.2) is 59.5 Å². The van der Waals surface area contributed by atoms with Gasteiger partial charge in [0.15, 0.2) is 0 Å². The lowest BCUT2D eigenvalue weighted by Gasteiger charge is -2.47. The van der Waals surface area contributed by atoms with Crippen LogP contribution in [0.4, 0.5) is 0 Å². The van der Waals surface area contributed by atoms with Crippen LogP contribution in [0.25, 0.3) is 0 Å². The Morgan fingerprint density at radius 3 is 2.70 bits per heavy atom. The lowest BCUT2D eigenvalue weighted by Crippen LogP contribution is -2.57. The molecule has 2 aliphatic rings. The second-order valence-electron chi connectivity index (χ2n) is 7.93. The Labute approximate surface area is 182 Å². The van der Waals surface area contributed by atoms with E-state index < -0.39 is 0 Å². The summed E-state index contributed by atoms with van der Waals surface area (Å²) in [6, 6.07) is 17.7. The zero-order valence-electron chi connectivity index (χ0n) is 17.3. The Morgan fingerprint density at radius 2 is 1.90 bits per heavy atom. The standard InChI is InChI=1S/C24H28N2O3S/c1-29-20-9-5-7-18(15-20)24(28)25-14-12-22-19(16-25)8-6-13-26(22)23(27)17-30-21-10-3-2-4-11-21/h2-5,7,9-11,15,19,22H,6,8,12-14,16-17H2,1H3/t19-,22-/m1/s1. The van der Waals surface area contributed by atoms with Gasteiger partial charge in [0.1, 0.15) is 5.75 Å². The third kappa shape index (κ3) is 4.64. The first-order valence-corrected chi connectivity index (χ1v) is 11.5. The molecule has 2 fully saturated rings. The molecular weight excluding hydrogens is 396 g/mol. The van der Waals surface area contributed by atoms with Crippen molar-refractivity contribution < 1.29 is 14.3 Å². The summed E-state index contributed by atoms with van der Waals surface area (Å²) in [5, 5.41) is 0. The van der Waals surface area contributed by atoms with Gasteiger partial charge in [-0.05, 0) is 55.5 Å². The number of carbonyl (C=O) groups is 2. The van der Waals surface area contributed by atoms with E-state index in [0.29, 0.717) is 29.5 Å². The molecule has 0 spiro atoms. The summed E-state index contributed by atoms with van der Waals surface area (Å²) in [5.41, 5.74) is 0.663. The van der Waals surface area contributed by atoms with Crippen molar-refractivity contribution in [3.63, 3.8) is 0 Å². The minimum absolute atomic E-state index is 0.0513. The van der Waals surface area contributed by atoms with E-state index in [0.717, 1.165) is 37.2 Å². The molecule has 2 saturated heterocycles. The maximum atomic E-state index is 13.0. The quantitative estimate of drug-likeness (QED) is 0.682. The Kier molecular flexibility index (Phi) is 6.62. The highest BCUT2D eigenvalue weighted by atomic mass is 32.2. The number of fused-ring (bicyclic) bond motifs is 1. The van der Waals surface area contributed by atoms with Crippen LogP contribution < -0.4 is 4.74 Å². The molecule has 2 amide bonds. The van der Waals surface area contributed by atoms with E-state index in [2.05, 4.69) is 4.90 Å². The summed E-state index contributed by atoms with van der Waals surface area (Å²) in [6.07, 6.45) is 2.92. The van der Waals surface area contributed by atoms with E-state index in [-0.39, 0.29) is 17.9 Å². The molecule has 158 valence electrons. The van der Waals surface area contributed by atoms with Crippen molar-refractivity contribution in [1.29, 1.82) is 0 Å². The Bertz CT molecular complexity index is 889. The molecule has 0 bridgehead atoms. The molecule has 2 aromatic carbocycles. The van der Waals surface area contributed by atoms with E-state index in [1.54, 1.807) is 24.9 Å². The second-order valence-corrected chi connectivity index (χ2v) is 8.98. The lowest BCUT2D eigenvalue weighted by molar-refractivity contribution is -0.135. The van der Waals surface area contributed by atoms with E-state index >= 15 is 0 Å². The number of piperidine rings is 2. The van der Waals surface area contributed by atoms with Crippen LogP contribution in [0.3, 0.4) is 0 Å². The van der Waals surface area contributed by atoms with E-state index in [9.17, 15) is 9.59 Å². The van der Waals surface area contributed by atoms with Gasteiger partial charge in [-0.15, -0.1) is 11.8 Å². The number of nitrogens with zero attached hydrogens (tertiary/aromatic N) is 2. The van der Waals surface area contributed by atoms with Crippen molar-refractivity contribution in [1.82, 2.24) is 9.80 Å². The van der Waals surface area contributed by atoms with Gasteiger partial charge in [-0.1, -0.05) is 24.3 Å². The van der Waals surface area contributed by atoms with Crippen LogP contribution in [0, 0.1) is 5.92 Å². The number of carbonyl (C=O) groups excluding carboxylic acids is 2. The summed E-state index contributed by atoms with van der Waals surface area (Å²) in [4.78, 5) is 31.1. The normalized spacial score (nSPS) is 21.1. The van der Waals surface area contributed by atoms with E-state index in [1.165, 1.54) is 0 Å². The molecule has 6 heteroatoms. The number of rotatable bonds is 5.